The van der Waals surface area contributed by atoms with E-state index in [1.165, 1.54) is 44.9 Å². The standard InChI is InChI=1S/C17H33N/c1-14(17(2,3)4)13-16(18-5)15-11-9-7-6-8-10-12-15/h11,14,16,18H,6-10,12-13H2,1-5H3. The summed E-state index contributed by atoms with van der Waals surface area (Å²) in [6.45, 7) is 9.47. The van der Waals surface area contributed by atoms with E-state index in [1.807, 2.05) is 0 Å². The van der Waals surface area contributed by atoms with Crippen LogP contribution < -0.4 is 5.32 Å². The van der Waals surface area contributed by atoms with E-state index in [-0.39, 0.29) is 0 Å². The molecule has 0 spiro atoms. The van der Waals surface area contributed by atoms with E-state index in [0.29, 0.717) is 11.5 Å². The van der Waals surface area contributed by atoms with E-state index in [2.05, 4.69) is 46.1 Å². The first-order valence-electron chi connectivity index (χ1n) is 7.81. The number of nitrogens with one attached hydrogen (secondary N) is 1. The largest absolute Gasteiger partial charge is 0.313 e. The lowest BCUT2D eigenvalue weighted by atomic mass is 9.77. The van der Waals surface area contributed by atoms with Crippen molar-refractivity contribution >= 4 is 0 Å². The molecule has 18 heavy (non-hydrogen) atoms. The Bertz CT molecular complexity index is 259. The summed E-state index contributed by atoms with van der Waals surface area (Å²) in [5, 5.41) is 3.55. The van der Waals surface area contributed by atoms with Gasteiger partial charge >= 0.3 is 0 Å². The Kier molecular flexibility index (Phi) is 6.42. The molecule has 1 rings (SSSR count). The number of likely N-dealkylation sites (N-methyl/N-ethyl adjacent to an activating group) is 1. The number of rotatable bonds is 4. The molecule has 2 atom stereocenters. The van der Waals surface area contributed by atoms with Crippen molar-refractivity contribution in [1.82, 2.24) is 5.32 Å². The van der Waals surface area contributed by atoms with E-state index in [1.54, 1.807) is 5.57 Å². The van der Waals surface area contributed by atoms with E-state index in [9.17, 15) is 0 Å². The predicted molar refractivity (Wildman–Crippen MR) is 81.9 cm³/mol. The third-order valence-electron chi connectivity index (χ3n) is 4.69. The zero-order valence-electron chi connectivity index (χ0n) is 13.2. The fourth-order valence-corrected chi connectivity index (χ4v) is 2.69. The van der Waals surface area contributed by atoms with Crippen LogP contribution in [0.5, 0.6) is 0 Å². The van der Waals surface area contributed by atoms with Gasteiger partial charge in [-0.15, -0.1) is 0 Å². The van der Waals surface area contributed by atoms with Gasteiger partial charge in [-0.1, -0.05) is 52.2 Å². The van der Waals surface area contributed by atoms with Crippen LogP contribution in [-0.2, 0) is 0 Å². The quantitative estimate of drug-likeness (QED) is 0.699. The van der Waals surface area contributed by atoms with Crippen molar-refractivity contribution in [3.8, 4) is 0 Å². The van der Waals surface area contributed by atoms with Gasteiger partial charge in [0, 0.05) is 6.04 Å². The van der Waals surface area contributed by atoms with E-state index < -0.39 is 0 Å². The normalized spacial score (nSPS) is 21.7. The minimum Gasteiger partial charge on any atom is -0.313 e. The highest BCUT2D eigenvalue weighted by molar-refractivity contribution is 5.12. The maximum Gasteiger partial charge on any atom is 0.0279 e. The molecule has 1 heteroatoms. The first kappa shape index (κ1) is 15.8. The maximum atomic E-state index is 3.55. The Morgan fingerprint density at radius 3 is 2.44 bits per heavy atom. The lowest BCUT2D eigenvalue weighted by Gasteiger charge is -2.32. The molecule has 0 aromatic heterocycles. The third-order valence-corrected chi connectivity index (χ3v) is 4.69. The number of allylic oxidation sites excluding steroid dienone is 1. The predicted octanol–water partition coefficient (Wildman–Crippen LogP) is 4.93. The molecule has 1 N–H and O–H groups in total. The Hall–Kier alpha value is -0.300. The van der Waals surface area contributed by atoms with E-state index in [4.69, 9.17) is 0 Å². The molecular weight excluding hydrogens is 218 g/mol. The first-order valence-corrected chi connectivity index (χ1v) is 7.81. The zero-order chi connectivity index (χ0) is 13.6. The lowest BCUT2D eigenvalue weighted by molar-refractivity contribution is 0.231. The van der Waals surface area contributed by atoms with Gasteiger partial charge < -0.3 is 5.32 Å². The summed E-state index contributed by atoms with van der Waals surface area (Å²) in [5.41, 5.74) is 2.09. The Labute approximate surface area is 114 Å². The average molecular weight is 251 g/mol. The van der Waals surface area contributed by atoms with Gasteiger partial charge in [0.25, 0.3) is 0 Å². The molecule has 0 fully saturated rings. The van der Waals surface area contributed by atoms with Crippen LogP contribution in [0.25, 0.3) is 0 Å². The van der Waals surface area contributed by atoms with Gasteiger partial charge in [0.05, 0.1) is 0 Å². The van der Waals surface area contributed by atoms with Crippen LogP contribution in [0.1, 0.15) is 72.6 Å². The number of hydrogen-bond donors (Lipinski definition) is 1. The molecule has 0 aromatic carbocycles. The molecule has 0 bridgehead atoms. The summed E-state index contributed by atoms with van der Waals surface area (Å²) in [7, 11) is 2.12. The van der Waals surface area contributed by atoms with Gasteiger partial charge in [0.15, 0.2) is 0 Å². The maximum absolute atomic E-state index is 3.55. The SMILES string of the molecule is CNC(CC(C)C(C)(C)C)C1=CCCCCCC1. The second-order valence-electron chi connectivity index (χ2n) is 7.08. The summed E-state index contributed by atoms with van der Waals surface area (Å²) in [6, 6.07) is 0.595. The van der Waals surface area contributed by atoms with Gasteiger partial charge in [-0.05, 0) is 50.5 Å². The van der Waals surface area contributed by atoms with Crippen LogP contribution in [0, 0.1) is 11.3 Å². The van der Waals surface area contributed by atoms with Crippen molar-refractivity contribution in [1.29, 1.82) is 0 Å². The molecule has 0 saturated carbocycles. The second kappa shape index (κ2) is 7.33. The Morgan fingerprint density at radius 2 is 1.83 bits per heavy atom. The topological polar surface area (TPSA) is 12.0 Å². The minimum atomic E-state index is 0.414. The number of hydrogen-bond acceptors (Lipinski definition) is 1. The average Bonchev–Trinajstić information content (AvgIpc) is 2.24. The van der Waals surface area contributed by atoms with Crippen molar-refractivity contribution in [2.24, 2.45) is 11.3 Å². The molecule has 0 aromatic rings. The van der Waals surface area contributed by atoms with Gasteiger partial charge in [0.2, 0.25) is 0 Å². The molecule has 0 heterocycles. The first-order chi connectivity index (χ1) is 8.45. The zero-order valence-corrected chi connectivity index (χ0v) is 13.2. The lowest BCUT2D eigenvalue weighted by Crippen LogP contribution is -2.33. The molecule has 1 aliphatic rings. The van der Waals surface area contributed by atoms with Crippen LogP contribution in [-0.4, -0.2) is 13.1 Å². The van der Waals surface area contributed by atoms with Crippen LogP contribution in [0.4, 0.5) is 0 Å². The summed E-state index contributed by atoms with van der Waals surface area (Å²) < 4.78 is 0. The highest BCUT2D eigenvalue weighted by Gasteiger charge is 2.24. The Balaban J connectivity index is 2.63. The molecule has 0 amide bonds. The molecule has 0 aliphatic heterocycles. The third kappa shape index (κ3) is 5.14. The fraction of sp³-hybridized carbons (Fsp3) is 0.882. The Morgan fingerprint density at radius 1 is 1.17 bits per heavy atom. The highest BCUT2D eigenvalue weighted by atomic mass is 14.9. The van der Waals surface area contributed by atoms with Crippen molar-refractivity contribution in [3.05, 3.63) is 11.6 Å². The van der Waals surface area contributed by atoms with Gasteiger partial charge in [-0.2, -0.15) is 0 Å². The molecule has 0 saturated heterocycles. The summed E-state index contributed by atoms with van der Waals surface area (Å²) in [4.78, 5) is 0. The molecule has 0 radical (unpaired) electrons. The highest BCUT2D eigenvalue weighted by Crippen LogP contribution is 2.31. The monoisotopic (exact) mass is 251 g/mol. The van der Waals surface area contributed by atoms with Gasteiger partial charge in [0.1, 0.15) is 0 Å². The van der Waals surface area contributed by atoms with Crippen molar-refractivity contribution in [2.45, 2.75) is 78.7 Å². The molecule has 1 nitrogen and oxygen atoms in total. The molecular formula is C17H33N. The molecule has 106 valence electrons. The second-order valence-corrected chi connectivity index (χ2v) is 7.08. The van der Waals surface area contributed by atoms with Crippen LogP contribution in [0.2, 0.25) is 0 Å². The van der Waals surface area contributed by atoms with Crippen LogP contribution >= 0.6 is 0 Å². The fourth-order valence-electron chi connectivity index (χ4n) is 2.69. The van der Waals surface area contributed by atoms with Crippen molar-refractivity contribution in [2.75, 3.05) is 7.05 Å². The van der Waals surface area contributed by atoms with Gasteiger partial charge in [-0.3, -0.25) is 0 Å². The summed E-state index contributed by atoms with van der Waals surface area (Å²) in [6.07, 6.45) is 12.0. The molecule has 1 aliphatic carbocycles. The van der Waals surface area contributed by atoms with E-state index in [0.717, 1.165) is 5.92 Å². The summed E-state index contributed by atoms with van der Waals surface area (Å²) >= 11 is 0. The van der Waals surface area contributed by atoms with Gasteiger partial charge in [-0.25, -0.2) is 0 Å². The molecule has 2 unspecified atom stereocenters. The van der Waals surface area contributed by atoms with E-state index >= 15 is 0 Å². The van der Waals surface area contributed by atoms with Crippen molar-refractivity contribution < 1.29 is 0 Å². The minimum absolute atomic E-state index is 0.414. The van der Waals surface area contributed by atoms with Crippen LogP contribution in [0.15, 0.2) is 11.6 Å². The summed E-state index contributed by atoms with van der Waals surface area (Å²) in [5.74, 6) is 0.751. The smallest absolute Gasteiger partial charge is 0.0279 e. The van der Waals surface area contributed by atoms with Crippen molar-refractivity contribution in [3.63, 3.8) is 0 Å². The van der Waals surface area contributed by atoms with Crippen LogP contribution in [0.3, 0.4) is 0 Å².